The Morgan fingerprint density at radius 2 is 1.93 bits per heavy atom. The minimum Gasteiger partial charge on any atom is -0.492 e. The molecule has 27 heavy (non-hydrogen) atoms. The zero-order valence-corrected chi connectivity index (χ0v) is 17.4. The summed E-state index contributed by atoms with van der Waals surface area (Å²) in [5.41, 5.74) is 2.10. The van der Waals surface area contributed by atoms with E-state index in [4.69, 9.17) is 27.9 Å². The number of rotatable bonds is 10. The van der Waals surface area contributed by atoms with Crippen LogP contribution in [0.4, 0.5) is 5.69 Å². The number of carbonyl (C=O) groups excluding carboxylic acids is 1. The first kappa shape index (κ1) is 21.6. The lowest BCUT2D eigenvalue weighted by Gasteiger charge is -2.17. The van der Waals surface area contributed by atoms with E-state index in [9.17, 15) is 4.79 Å². The molecule has 0 saturated carbocycles. The van der Waals surface area contributed by atoms with E-state index in [0.29, 0.717) is 28.8 Å². The maximum Gasteiger partial charge on any atom is 0.227 e. The summed E-state index contributed by atoms with van der Waals surface area (Å²) in [7, 11) is 0. The van der Waals surface area contributed by atoms with Crippen LogP contribution in [0.2, 0.25) is 10.0 Å². The number of benzene rings is 2. The van der Waals surface area contributed by atoms with Crippen LogP contribution in [0.25, 0.3) is 0 Å². The van der Waals surface area contributed by atoms with E-state index in [-0.39, 0.29) is 11.8 Å². The molecule has 0 aliphatic carbocycles. The third-order valence-corrected chi connectivity index (χ3v) is 5.09. The molecule has 0 aliphatic heterocycles. The molecule has 0 bridgehead atoms. The van der Waals surface area contributed by atoms with Crippen LogP contribution in [0.3, 0.4) is 0 Å². The van der Waals surface area contributed by atoms with Crippen LogP contribution in [0, 0.1) is 5.92 Å². The number of unbranched alkanes of at least 4 members (excludes halogenated alkanes) is 1. The molecule has 0 saturated heterocycles. The molecule has 0 radical (unpaired) electrons. The quantitative estimate of drug-likeness (QED) is 0.471. The van der Waals surface area contributed by atoms with Crippen LogP contribution < -0.4 is 10.1 Å². The van der Waals surface area contributed by atoms with E-state index in [0.717, 1.165) is 31.4 Å². The van der Waals surface area contributed by atoms with Gasteiger partial charge < -0.3 is 10.1 Å². The molecule has 146 valence electrons. The average Bonchev–Trinajstić information content (AvgIpc) is 2.66. The van der Waals surface area contributed by atoms with Gasteiger partial charge in [0, 0.05) is 16.6 Å². The van der Waals surface area contributed by atoms with Gasteiger partial charge in [0.2, 0.25) is 5.91 Å². The molecule has 1 unspecified atom stereocenters. The minimum absolute atomic E-state index is 0.0345. The third kappa shape index (κ3) is 6.75. The lowest BCUT2D eigenvalue weighted by Crippen LogP contribution is -2.24. The Hall–Kier alpha value is -1.71. The Bertz CT molecular complexity index is 749. The van der Waals surface area contributed by atoms with Crippen molar-refractivity contribution in [1.82, 2.24) is 0 Å². The van der Waals surface area contributed by atoms with Gasteiger partial charge in [-0.1, -0.05) is 61.7 Å². The van der Waals surface area contributed by atoms with Crippen LogP contribution in [0.5, 0.6) is 5.75 Å². The van der Waals surface area contributed by atoms with Crippen molar-refractivity contribution in [2.75, 3.05) is 11.9 Å². The topological polar surface area (TPSA) is 38.3 Å². The van der Waals surface area contributed by atoms with Crippen LogP contribution in [0.1, 0.15) is 45.1 Å². The summed E-state index contributed by atoms with van der Waals surface area (Å²) in [6.07, 6.45) is 4.59. The van der Waals surface area contributed by atoms with Crippen molar-refractivity contribution in [2.24, 2.45) is 5.92 Å². The van der Waals surface area contributed by atoms with E-state index in [1.54, 1.807) is 18.2 Å². The molecule has 0 spiro atoms. The van der Waals surface area contributed by atoms with Crippen LogP contribution in [-0.4, -0.2) is 12.5 Å². The minimum atomic E-state index is -0.115. The maximum absolute atomic E-state index is 12.7. The number of halogens is 2. The summed E-state index contributed by atoms with van der Waals surface area (Å²) in [5, 5.41) is 4.15. The molecular formula is C22H27Cl2NO2. The van der Waals surface area contributed by atoms with Crippen molar-refractivity contribution in [2.45, 2.75) is 46.0 Å². The van der Waals surface area contributed by atoms with E-state index >= 15 is 0 Å². The summed E-state index contributed by atoms with van der Waals surface area (Å²) in [4.78, 5) is 12.7. The van der Waals surface area contributed by atoms with Crippen LogP contribution in [-0.2, 0) is 11.2 Å². The Kier molecular flexibility index (Phi) is 8.96. The van der Waals surface area contributed by atoms with Crippen molar-refractivity contribution in [1.29, 1.82) is 0 Å². The fourth-order valence-corrected chi connectivity index (χ4v) is 3.35. The molecule has 2 aromatic rings. The van der Waals surface area contributed by atoms with Crippen LogP contribution >= 0.6 is 23.2 Å². The number of nitrogens with one attached hydrogen (secondary N) is 1. The molecule has 2 rings (SSSR count). The highest BCUT2D eigenvalue weighted by molar-refractivity contribution is 6.35. The number of amides is 1. The molecule has 1 amide bonds. The van der Waals surface area contributed by atoms with E-state index in [1.165, 1.54) is 5.56 Å². The SMILES string of the molecule is CCCCc1ccccc1NC(=O)C(CC)CCOc1ccc(Cl)cc1Cl. The summed E-state index contributed by atoms with van der Waals surface area (Å²) >= 11 is 12.0. The Labute approximate surface area is 172 Å². The molecule has 1 N–H and O–H groups in total. The van der Waals surface area contributed by atoms with Gasteiger partial charge in [0.1, 0.15) is 5.75 Å². The van der Waals surface area contributed by atoms with Gasteiger partial charge >= 0.3 is 0 Å². The second-order valence-corrected chi connectivity index (χ2v) is 7.41. The van der Waals surface area contributed by atoms with E-state index in [2.05, 4.69) is 18.3 Å². The number of hydrogen-bond acceptors (Lipinski definition) is 2. The number of hydrogen-bond donors (Lipinski definition) is 1. The second-order valence-electron chi connectivity index (χ2n) is 6.57. The van der Waals surface area contributed by atoms with Crippen molar-refractivity contribution >= 4 is 34.8 Å². The van der Waals surface area contributed by atoms with Crippen LogP contribution in [0.15, 0.2) is 42.5 Å². The third-order valence-electron chi connectivity index (χ3n) is 4.56. The highest BCUT2D eigenvalue weighted by atomic mass is 35.5. The van der Waals surface area contributed by atoms with Crippen molar-refractivity contribution < 1.29 is 9.53 Å². The fraction of sp³-hybridized carbons (Fsp3) is 0.409. The largest absolute Gasteiger partial charge is 0.492 e. The van der Waals surface area contributed by atoms with Gasteiger partial charge in [-0.3, -0.25) is 4.79 Å². The molecule has 0 aromatic heterocycles. The lowest BCUT2D eigenvalue weighted by molar-refractivity contribution is -0.120. The van der Waals surface area contributed by atoms with Crippen molar-refractivity contribution in [3.8, 4) is 5.75 Å². The molecular weight excluding hydrogens is 381 g/mol. The first-order valence-electron chi connectivity index (χ1n) is 9.51. The van der Waals surface area contributed by atoms with Gasteiger partial charge in [0.15, 0.2) is 0 Å². The predicted molar refractivity (Wildman–Crippen MR) is 114 cm³/mol. The molecule has 1 atom stereocenters. The standard InChI is InChI=1S/C22H27Cl2NO2/c1-3-5-8-17-9-6-7-10-20(17)25-22(26)16(4-2)13-14-27-21-12-11-18(23)15-19(21)24/h6-7,9-12,15-16H,3-5,8,13-14H2,1-2H3,(H,25,26). The van der Waals surface area contributed by atoms with Crippen molar-refractivity contribution in [3.63, 3.8) is 0 Å². The second kappa shape index (κ2) is 11.2. The average molecular weight is 408 g/mol. The van der Waals surface area contributed by atoms with Crippen molar-refractivity contribution in [3.05, 3.63) is 58.1 Å². The molecule has 0 aliphatic rings. The number of carbonyl (C=O) groups is 1. The predicted octanol–water partition coefficient (Wildman–Crippen LogP) is 6.77. The summed E-state index contributed by atoms with van der Waals surface area (Å²) in [6.45, 7) is 4.61. The number of para-hydroxylation sites is 1. The summed E-state index contributed by atoms with van der Waals surface area (Å²) in [5.74, 6) is 0.504. The first-order chi connectivity index (χ1) is 13.0. The monoisotopic (exact) mass is 407 g/mol. The zero-order valence-electron chi connectivity index (χ0n) is 15.9. The lowest BCUT2D eigenvalue weighted by atomic mass is 10.0. The number of anilines is 1. The Morgan fingerprint density at radius 3 is 2.63 bits per heavy atom. The van der Waals surface area contributed by atoms with Gasteiger partial charge in [-0.25, -0.2) is 0 Å². The van der Waals surface area contributed by atoms with Gasteiger partial charge in [-0.05, 0) is 55.5 Å². The van der Waals surface area contributed by atoms with Gasteiger partial charge in [0.25, 0.3) is 0 Å². The van der Waals surface area contributed by atoms with Gasteiger partial charge in [-0.2, -0.15) is 0 Å². The molecule has 3 nitrogen and oxygen atoms in total. The Balaban J connectivity index is 1.92. The van der Waals surface area contributed by atoms with Gasteiger partial charge in [-0.15, -0.1) is 0 Å². The smallest absolute Gasteiger partial charge is 0.227 e. The fourth-order valence-electron chi connectivity index (χ4n) is 2.89. The Morgan fingerprint density at radius 1 is 1.15 bits per heavy atom. The maximum atomic E-state index is 12.7. The highest BCUT2D eigenvalue weighted by Crippen LogP contribution is 2.28. The summed E-state index contributed by atoms with van der Waals surface area (Å²) < 4.78 is 5.73. The summed E-state index contributed by atoms with van der Waals surface area (Å²) in [6, 6.07) is 13.2. The van der Waals surface area contributed by atoms with Gasteiger partial charge in [0.05, 0.1) is 11.6 Å². The first-order valence-corrected chi connectivity index (χ1v) is 10.3. The van der Waals surface area contributed by atoms with E-state index < -0.39 is 0 Å². The molecule has 0 fully saturated rings. The molecule has 0 heterocycles. The zero-order chi connectivity index (χ0) is 19.6. The number of aryl methyl sites for hydroxylation is 1. The number of ether oxygens (including phenoxy) is 1. The highest BCUT2D eigenvalue weighted by Gasteiger charge is 2.18. The normalized spacial score (nSPS) is 11.9. The molecule has 2 aromatic carbocycles. The molecule has 5 heteroatoms. The van der Waals surface area contributed by atoms with E-state index in [1.807, 2.05) is 25.1 Å².